The van der Waals surface area contributed by atoms with E-state index in [4.69, 9.17) is 5.73 Å². The predicted molar refractivity (Wildman–Crippen MR) is 176 cm³/mol. The molecule has 2 unspecified atom stereocenters. The second-order valence-electron chi connectivity index (χ2n) is 12.5. The number of carbonyl (C=O) groups excluding carboxylic acids is 4. The summed E-state index contributed by atoms with van der Waals surface area (Å²) in [4.78, 5) is 57.5. The highest BCUT2D eigenvalue weighted by atomic mass is 32.1. The quantitative estimate of drug-likeness (QED) is 0.262. The average molecular weight is 627 g/mol. The fourth-order valence-corrected chi connectivity index (χ4v) is 6.91. The van der Waals surface area contributed by atoms with E-state index in [2.05, 4.69) is 10.6 Å². The highest BCUT2D eigenvalue weighted by molar-refractivity contribution is 7.07. The van der Waals surface area contributed by atoms with Gasteiger partial charge in [-0.1, -0.05) is 30.3 Å². The van der Waals surface area contributed by atoms with Gasteiger partial charge in [-0.2, -0.15) is 11.3 Å². The Morgan fingerprint density at radius 2 is 1.91 bits per heavy atom. The van der Waals surface area contributed by atoms with Crippen molar-refractivity contribution in [2.45, 2.75) is 63.7 Å². The number of para-hydroxylation sites is 2. The Balaban J connectivity index is 1.32. The summed E-state index contributed by atoms with van der Waals surface area (Å²) < 4.78 is 1.99. The summed E-state index contributed by atoms with van der Waals surface area (Å²) in [6.07, 6.45) is 3.67. The van der Waals surface area contributed by atoms with Crippen LogP contribution in [0.4, 0.5) is 11.4 Å². The molecule has 0 spiro atoms. The Hall–Kier alpha value is -4.48. The number of thiophene rings is 1. The molecule has 2 atom stereocenters. The number of nitrogens with two attached hydrogens (primary N) is 1. The number of anilines is 2. The topological polar surface area (TPSA) is 130 Å². The summed E-state index contributed by atoms with van der Waals surface area (Å²) in [6.45, 7) is 4.07. The van der Waals surface area contributed by atoms with Crippen molar-refractivity contribution in [3.63, 3.8) is 0 Å². The molecule has 4 amide bonds. The van der Waals surface area contributed by atoms with Crippen LogP contribution in [0.3, 0.4) is 0 Å². The van der Waals surface area contributed by atoms with Crippen LogP contribution >= 0.6 is 11.3 Å². The molecule has 2 aromatic carbocycles. The van der Waals surface area contributed by atoms with E-state index < -0.39 is 29.4 Å². The van der Waals surface area contributed by atoms with E-state index in [0.717, 1.165) is 39.7 Å². The lowest BCUT2D eigenvalue weighted by Gasteiger charge is -2.37. The van der Waals surface area contributed by atoms with Crippen molar-refractivity contribution in [2.75, 3.05) is 16.3 Å². The fourth-order valence-electron chi connectivity index (χ4n) is 6.25. The zero-order valence-corrected chi connectivity index (χ0v) is 26.5. The second-order valence-corrected chi connectivity index (χ2v) is 13.3. The lowest BCUT2D eigenvalue weighted by atomic mass is 9.94. The number of nitrogens with one attached hydrogen (secondary N) is 2. The van der Waals surface area contributed by atoms with Crippen molar-refractivity contribution in [3.8, 4) is 0 Å². The minimum absolute atomic E-state index is 0.0385. The van der Waals surface area contributed by atoms with E-state index in [1.54, 1.807) is 35.0 Å². The van der Waals surface area contributed by atoms with Crippen molar-refractivity contribution in [2.24, 2.45) is 12.8 Å². The number of amides is 4. The lowest BCUT2D eigenvalue weighted by Crippen LogP contribution is -2.60. The van der Waals surface area contributed by atoms with Crippen LogP contribution in [-0.2, 0) is 45.6 Å². The molecule has 2 aromatic heterocycles. The van der Waals surface area contributed by atoms with Crippen molar-refractivity contribution in [1.82, 2.24) is 15.2 Å². The molecule has 1 saturated heterocycles. The van der Waals surface area contributed by atoms with Gasteiger partial charge in [-0.3, -0.25) is 19.2 Å². The molecule has 234 valence electrons. The molecular weight excluding hydrogens is 588 g/mol. The van der Waals surface area contributed by atoms with Crippen LogP contribution in [-0.4, -0.2) is 52.4 Å². The number of hydrogen-bond donors (Lipinski definition) is 3. The summed E-state index contributed by atoms with van der Waals surface area (Å²) in [5, 5.41) is 10.8. The zero-order chi connectivity index (χ0) is 31.9. The van der Waals surface area contributed by atoms with Gasteiger partial charge in [0, 0.05) is 50.0 Å². The normalized spacial score (nSPS) is 17.5. The summed E-state index contributed by atoms with van der Waals surface area (Å²) in [7, 11) is 1.94. The summed E-state index contributed by atoms with van der Waals surface area (Å²) in [5.74, 6) is -1.17. The van der Waals surface area contributed by atoms with E-state index in [9.17, 15) is 19.2 Å². The standard InChI is InChI=1S/C34H38N6O4S/c1-34(2,35)33(44)37-25(17-23-19-38(3)27-10-5-4-9-24(23)27)31(42)36-26-16-22-8-6-11-28(39-14-7-12-29(39)41)30(22)40(32(26)43)18-21-13-15-45-20-21/h4-6,8-11,13,15,19-20,25-26H,7,12,14,16-18,35H2,1-3H3,(H,36,42)(H,37,44). The molecular formula is C34H38N6O4S. The van der Waals surface area contributed by atoms with Gasteiger partial charge in [0.1, 0.15) is 12.1 Å². The monoisotopic (exact) mass is 626 g/mol. The summed E-state index contributed by atoms with van der Waals surface area (Å²) in [6, 6.07) is 13.7. The third-order valence-corrected chi connectivity index (χ3v) is 9.30. The van der Waals surface area contributed by atoms with Crippen molar-refractivity contribution >= 4 is 57.2 Å². The molecule has 4 N–H and O–H groups in total. The molecule has 45 heavy (non-hydrogen) atoms. The second kappa shape index (κ2) is 12.1. The molecule has 10 nitrogen and oxygen atoms in total. The van der Waals surface area contributed by atoms with Gasteiger partial charge in [0.15, 0.2) is 0 Å². The van der Waals surface area contributed by atoms with Gasteiger partial charge in [-0.15, -0.1) is 0 Å². The largest absolute Gasteiger partial charge is 0.350 e. The molecule has 6 rings (SSSR count). The maximum absolute atomic E-state index is 14.2. The predicted octanol–water partition coefficient (Wildman–Crippen LogP) is 3.41. The number of aryl methyl sites for hydroxylation is 1. The number of rotatable bonds is 9. The Morgan fingerprint density at radius 3 is 2.62 bits per heavy atom. The summed E-state index contributed by atoms with van der Waals surface area (Å²) >= 11 is 1.54. The maximum Gasteiger partial charge on any atom is 0.250 e. The highest BCUT2D eigenvalue weighted by Gasteiger charge is 2.39. The van der Waals surface area contributed by atoms with Crippen LogP contribution in [0, 0.1) is 0 Å². The lowest BCUT2D eigenvalue weighted by molar-refractivity contribution is -0.133. The molecule has 2 aliphatic rings. The van der Waals surface area contributed by atoms with E-state index in [0.29, 0.717) is 25.2 Å². The smallest absolute Gasteiger partial charge is 0.250 e. The Kier molecular flexibility index (Phi) is 8.23. The molecule has 2 aliphatic heterocycles. The first-order valence-electron chi connectivity index (χ1n) is 15.2. The first-order chi connectivity index (χ1) is 21.5. The molecule has 4 heterocycles. The van der Waals surface area contributed by atoms with Crippen LogP contribution in [0.2, 0.25) is 0 Å². The van der Waals surface area contributed by atoms with Crippen LogP contribution < -0.4 is 26.2 Å². The molecule has 0 radical (unpaired) electrons. The Morgan fingerprint density at radius 1 is 1.11 bits per heavy atom. The number of nitrogens with zero attached hydrogens (tertiary/aromatic N) is 3. The number of aromatic nitrogens is 1. The molecule has 0 saturated carbocycles. The first-order valence-corrected chi connectivity index (χ1v) is 16.1. The molecule has 0 bridgehead atoms. The number of carbonyl (C=O) groups is 4. The van der Waals surface area contributed by atoms with E-state index in [1.807, 2.05) is 77.1 Å². The van der Waals surface area contributed by atoms with E-state index >= 15 is 0 Å². The average Bonchev–Trinajstić information content (AvgIpc) is 3.75. The zero-order valence-electron chi connectivity index (χ0n) is 25.7. The van der Waals surface area contributed by atoms with E-state index in [-0.39, 0.29) is 24.7 Å². The van der Waals surface area contributed by atoms with Gasteiger partial charge < -0.3 is 30.7 Å². The summed E-state index contributed by atoms with van der Waals surface area (Å²) in [5.41, 5.74) is 10.0. The minimum Gasteiger partial charge on any atom is -0.350 e. The van der Waals surface area contributed by atoms with Gasteiger partial charge >= 0.3 is 0 Å². The first kappa shape index (κ1) is 30.5. The van der Waals surface area contributed by atoms with Gasteiger partial charge in [0.05, 0.1) is 23.5 Å². The molecule has 1 fully saturated rings. The van der Waals surface area contributed by atoms with Gasteiger partial charge in [-0.05, 0) is 65.9 Å². The van der Waals surface area contributed by atoms with Gasteiger partial charge in [0.2, 0.25) is 23.6 Å². The molecule has 11 heteroatoms. The molecule has 0 aliphatic carbocycles. The number of benzene rings is 2. The number of fused-ring (bicyclic) bond motifs is 2. The van der Waals surface area contributed by atoms with Crippen LogP contribution in [0.25, 0.3) is 10.9 Å². The van der Waals surface area contributed by atoms with Crippen LogP contribution in [0.1, 0.15) is 43.4 Å². The van der Waals surface area contributed by atoms with Gasteiger partial charge in [0.25, 0.3) is 0 Å². The van der Waals surface area contributed by atoms with Crippen molar-refractivity contribution in [3.05, 3.63) is 82.2 Å². The Labute approximate surface area is 266 Å². The van der Waals surface area contributed by atoms with Crippen molar-refractivity contribution in [1.29, 1.82) is 0 Å². The van der Waals surface area contributed by atoms with Crippen molar-refractivity contribution < 1.29 is 19.2 Å². The fraction of sp³-hybridized carbons (Fsp3) is 0.353. The van der Waals surface area contributed by atoms with Crippen LogP contribution in [0.5, 0.6) is 0 Å². The maximum atomic E-state index is 14.2. The Bertz CT molecular complexity index is 1770. The van der Waals surface area contributed by atoms with E-state index in [1.165, 1.54) is 0 Å². The third kappa shape index (κ3) is 6.10. The number of hydrogen-bond acceptors (Lipinski definition) is 6. The molecule has 4 aromatic rings. The highest BCUT2D eigenvalue weighted by Crippen LogP contribution is 2.40. The minimum atomic E-state index is -1.21. The van der Waals surface area contributed by atoms with Crippen LogP contribution in [0.15, 0.2) is 65.5 Å². The SMILES string of the molecule is Cn1cc(CC(NC(=O)C(C)(C)N)C(=O)NC2Cc3cccc(N4CCCC4=O)c3N(Cc3ccsc3)C2=O)c2ccccc21. The third-order valence-electron chi connectivity index (χ3n) is 8.57. The van der Waals surface area contributed by atoms with Gasteiger partial charge in [-0.25, -0.2) is 0 Å².